The van der Waals surface area contributed by atoms with Crippen LogP contribution in [0.15, 0.2) is 41.4 Å². The zero-order valence-corrected chi connectivity index (χ0v) is 18.3. The van der Waals surface area contributed by atoms with E-state index in [0.717, 1.165) is 24.3 Å². The molecule has 1 aromatic heterocycles. The van der Waals surface area contributed by atoms with Crippen LogP contribution in [-0.4, -0.2) is 49.7 Å². The average Bonchev–Trinajstić information content (AvgIpc) is 3.17. The Morgan fingerprint density at radius 1 is 1.03 bits per heavy atom. The van der Waals surface area contributed by atoms with Gasteiger partial charge in [-0.1, -0.05) is 0 Å². The maximum Gasteiger partial charge on any atom is 0.436 e. The summed E-state index contributed by atoms with van der Waals surface area (Å²) in [6.07, 6.45) is -13.0. The predicted molar refractivity (Wildman–Crippen MR) is 104 cm³/mol. The summed E-state index contributed by atoms with van der Waals surface area (Å²) >= 11 is 0. The van der Waals surface area contributed by atoms with E-state index in [9.17, 15) is 48.3 Å². The quantitative estimate of drug-likeness (QED) is 0.336. The van der Waals surface area contributed by atoms with Gasteiger partial charge in [-0.3, -0.25) is 9.78 Å². The summed E-state index contributed by atoms with van der Waals surface area (Å²) < 4.78 is 133. The molecule has 0 bridgehead atoms. The molecule has 190 valence electrons. The highest BCUT2D eigenvalue weighted by atomic mass is 32.2. The van der Waals surface area contributed by atoms with Gasteiger partial charge in [-0.2, -0.15) is 26.3 Å². The molecule has 1 aliphatic carbocycles. The molecular formula is C21H16F8N2O3S. The molecule has 0 N–H and O–H groups in total. The third-order valence-electron chi connectivity index (χ3n) is 6.65. The molecule has 0 radical (unpaired) electrons. The van der Waals surface area contributed by atoms with E-state index in [4.69, 9.17) is 0 Å². The van der Waals surface area contributed by atoms with Gasteiger partial charge in [-0.25, -0.2) is 17.2 Å². The van der Waals surface area contributed by atoms with Crippen LogP contribution in [0.5, 0.6) is 0 Å². The highest BCUT2D eigenvalue weighted by molar-refractivity contribution is 7.92. The van der Waals surface area contributed by atoms with Gasteiger partial charge in [0.15, 0.2) is 9.84 Å². The Labute approximate surface area is 193 Å². The fraction of sp³-hybridized carbons (Fsp3) is 0.429. The summed E-state index contributed by atoms with van der Waals surface area (Å²) in [7, 11) is -4.51. The van der Waals surface area contributed by atoms with Crippen LogP contribution in [0.1, 0.15) is 29.7 Å². The molecule has 1 aromatic carbocycles. The van der Waals surface area contributed by atoms with Crippen LogP contribution in [-0.2, 0) is 31.5 Å². The summed E-state index contributed by atoms with van der Waals surface area (Å²) in [5.41, 5.74) is -8.23. The molecule has 0 spiro atoms. The Balaban J connectivity index is 1.96. The van der Waals surface area contributed by atoms with Gasteiger partial charge in [0.1, 0.15) is 10.6 Å². The lowest BCUT2D eigenvalue weighted by Crippen LogP contribution is -2.52. The average molecular weight is 528 g/mol. The second-order valence-electron chi connectivity index (χ2n) is 8.38. The fourth-order valence-corrected chi connectivity index (χ4v) is 7.33. The number of fused-ring (bicyclic) bond motifs is 3. The number of halogens is 8. The standard InChI is InChI=1S/C21H16F8N2O3S/c22-14-2-4-15(5-3-14)35(33,34)18-7-8-31(11-32)16(18)6-1-12-9-13(10-30-17(12)18)19(23,20(24,25)26)21(27,28)29/h2-5,9-11,16H,1,6-8H2. The number of carbonyl (C=O) groups is 1. The number of likely N-dealkylation sites (tertiary alicyclic amines) is 1. The Hall–Kier alpha value is -2.77. The second kappa shape index (κ2) is 7.87. The van der Waals surface area contributed by atoms with Crippen molar-refractivity contribution in [2.45, 2.75) is 53.0 Å². The molecule has 5 nitrogen and oxygen atoms in total. The van der Waals surface area contributed by atoms with Crippen molar-refractivity contribution < 1.29 is 48.3 Å². The third kappa shape index (κ3) is 3.43. The van der Waals surface area contributed by atoms with Crippen molar-refractivity contribution in [1.82, 2.24) is 9.88 Å². The van der Waals surface area contributed by atoms with Crippen LogP contribution in [0.25, 0.3) is 0 Å². The zero-order chi connectivity index (χ0) is 26.0. The Kier molecular flexibility index (Phi) is 5.69. The van der Waals surface area contributed by atoms with Crippen LogP contribution in [0.3, 0.4) is 0 Å². The van der Waals surface area contributed by atoms with Crippen molar-refractivity contribution in [1.29, 1.82) is 0 Å². The molecule has 1 aliphatic heterocycles. The lowest BCUT2D eigenvalue weighted by Gasteiger charge is -2.41. The summed E-state index contributed by atoms with van der Waals surface area (Å²) in [4.78, 5) is 16.1. The number of carbonyl (C=O) groups excluding carboxylic acids is 1. The maximum absolute atomic E-state index is 14.6. The monoisotopic (exact) mass is 528 g/mol. The van der Waals surface area contributed by atoms with E-state index in [1.165, 1.54) is 4.90 Å². The van der Waals surface area contributed by atoms with E-state index < -0.39 is 50.0 Å². The number of benzene rings is 1. The summed E-state index contributed by atoms with van der Waals surface area (Å²) in [6.45, 7) is -0.0877. The molecule has 2 aromatic rings. The van der Waals surface area contributed by atoms with Gasteiger partial charge in [0.25, 0.3) is 0 Å². The van der Waals surface area contributed by atoms with Crippen LogP contribution in [0.2, 0.25) is 0 Å². The lowest BCUT2D eigenvalue weighted by molar-refractivity contribution is -0.348. The lowest BCUT2D eigenvalue weighted by atomic mass is 9.80. The molecule has 1 amide bonds. The first-order chi connectivity index (χ1) is 16.1. The number of aryl methyl sites for hydroxylation is 1. The minimum Gasteiger partial charge on any atom is -0.340 e. The normalized spacial score (nSPS) is 23.1. The van der Waals surface area contributed by atoms with Gasteiger partial charge in [0.2, 0.25) is 6.41 Å². The van der Waals surface area contributed by atoms with Crippen molar-refractivity contribution >= 4 is 16.2 Å². The molecule has 2 atom stereocenters. The first kappa shape index (κ1) is 25.3. The van der Waals surface area contributed by atoms with E-state index in [0.29, 0.717) is 12.5 Å². The van der Waals surface area contributed by atoms with E-state index in [1.54, 1.807) is 0 Å². The molecule has 1 saturated heterocycles. The Morgan fingerprint density at radius 3 is 2.17 bits per heavy atom. The van der Waals surface area contributed by atoms with Crippen LogP contribution in [0, 0.1) is 5.82 Å². The first-order valence-corrected chi connectivity index (χ1v) is 11.6. The number of sulfone groups is 1. The Bertz CT molecular complexity index is 1250. The largest absolute Gasteiger partial charge is 0.436 e. The number of aromatic nitrogens is 1. The van der Waals surface area contributed by atoms with Crippen molar-refractivity contribution in [3.05, 3.63) is 59.2 Å². The number of hydrogen-bond acceptors (Lipinski definition) is 4. The van der Waals surface area contributed by atoms with E-state index >= 15 is 0 Å². The van der Waals surface area contributed by atoms with Crippen molar-refractivity contribution in [3.8, 4) is 0 Å². The number of amides is 1. The number of pyridine rings is 1. The molecule has 1 fully saturated rings. The second-order valence-corrected chi connectivity index (χ2v) is 10.6. The highest BCUT2D eigenvalue weighted by Crippen LogP contribution is 2.55. The minimum atomic E-state index is -6.36. The van der Waals surface area contributed by atoms with E-state index in [1.807, 2.05) is 0 Å². The van der Waals surface area contributed by atoms with Gasteiger partial charge in [-0.05, 0) is 55.2 Å². The molecule has 2 aliphatic rings. The number of alkyl halides is 7. The summed E-state index contributed by atoms with van der Waals surface area (Å²) in [6, 6.07) is 2.96. The van der Waals surface area contributed by atoms with Gasteiger partial charge in [-0.15, -0.1) is 0 Å². The zero-order valence-electron chi connectivity index (χ0n) is 17.5. The summed E-state index contributed by atoms with van der Waals surface area (Å²) in [5, 5.41) is 0. The SMILES string of the molecule is O=CN1CCC2(S(=O)(=O)c3ccc(F)cc3)c3ncc(C(F)(C(F)(F)F)C(F)(F)F)cc3CCC12. The van der Waals surface area contributed by atoms with E-state index in [2.05, 4.69) is 4.98 Å². The number of nitrogens with zero attached hydrogens (tertiary/aromatic N) is 2. The van der Waals surface area contributed by atoms with Gasteiger partial charge in [0, 0.05) is 18.3 Å². The molecule has 0 saturated carbocycles. The minimum absolute atomic E-state index is 0.0354. The molecule has 2 heterocycles. The smallest absolute Gasteiger partial charge is 0.340 e. The van der Waals surface area contributed by atoms with Gasteiger partial charge < -0.3 is 4.90 Å². The predicted octanol–water partition coefficient (Wildman–Crippen LogP) is 4.36. The van der Waals surface area contributed by atoms with Crippen LogP contribution in [0.4, 0.5) is 35.1 Å². The summed E-state index contributed by atoms with van der Waals surface area (Å²) in [5.74, 6) is -0.746. The molecular weight excluding hydrogens is 512 g/mol. The van der Waals surface area contributed by atoms with Crippen LogP contribution >= 0.6 is 0 Å². The highest BCUT2D eigenvalue weighted by Gasteiger charge is 2.74. The third-order valence-corrected chi connectivity index (χ3v) is 9.17. The topological polar surface area (TPSA) is 67.3 Å². The van der Waals surface area contributed by atoms with Crippen LogP contribution < -0.4 is 0 Å². The van der Waals surface area contributed by atoms with Crippen molar-refractivity contribution in [3.63, 3.8) is 0 Å². The van der Waals surface area contributed by atoms with E-state index in [-0.39, 0.29) is 48.2 Å². The van der Waals surface area contributed by atoms with Crippen molar-refractivity contribution in [2.24, 2.45) is 0 Å². The van der Waals surface area contributed by atoms with Gasteiger partial charge >= 0.3 is 18.0 Å². The van der Waals surface area contributed by atoms with Gasteiger partial charge in [0.05, 0.1) is 16.6 Å². The molecule has 2 unspecified atom stereocenters. The molecule has 4 rings (SSSR count). The maximum atomic E-state index is 14.6. The first-order valence-electron chi connectivity index (χ1n) is 10.1. The number of hydrogen-bond donors (Lipinski definition) is 0. The Morgan fingerprint density at radius 2 is 1.63 bits per heavy atom. The van der Waals surface area contributed by atoms with Crippen molar-refractivity contribution in [2.75, 3.05) is 6.54 Å². The fourth-order valence-electron chi connectivity index (χ4n) is 5.00. The molecule has 14 heteroatoms. The molecule has 35 heavy (non-hydrogen) atoms. The number of rotatable bonds is 4.